The Balaban J connectivity index is 1.85. The Morgan fingerprint density at radius 3 is 2.78 bits per heavy atom. The summed E-state index contributed by atoms with van der Waals surface area (Å²) < 4.78 is 37.3. The van der Waals surface area contributed by atoms with E-state index in [9.17, 15) is 18.0 Å². The molecule has 1 amide bonds. The van der Waals surface area contributed by atoms with Crippen LogP contribution in [0.25, 0.3) is 0 Å². The molecule has 2 aliphatic rings. The second kappa shape index (κ2) is 5.30. The van der Waals surface area contributed by atoms with Gasteiger partial charge in [-0.05, 0) is 31.8 Å². The van der Waals surface area contributed by atoms with Crippen LogP contribution in [0.5, 0.6) is 0 Å². The molecular weight excluding hydrogens is 245 g/mol. The maximum Gasteiger partial charge on any atom is 0.412 e. The van der Waals surface area contributed by atoms with Gasteiger partial charge in [-0.3, -0.25) is 4.79 Å². The van der Waals surface area contributed by atoms with Crippen LogP contribution in [0.2, 0.25) is 0 Å². The fourth-order valence-corrected chi connectivity index (χ4v) is 2.42. The first-order valence-electron chi connectivity index (χ1n) is 6.21. The minimum Gasteiger partial charge on any atom is -0.339 e. The maximum absolute atomic E-state index is 12.4. The average Bonchev–Trinajstić information content (AvgIpc) is 2.81. The van der Waals surface area contributed by atoms with E-state index in [1.54, 1.807) is 0 Å². The molecule has 0 aromatic carbocycles. The first-order valence-corrected chi connectivity index (χ1v) is 6.21. The SMILES string of the molecule is O=C(CC1CCNC1)N1CC=C(C(F)(F)F)CC1. The zero-order chi connectivity index (χ0) is 13.2. The molecule has 0 spiro atoms. The van der Waals surface area contributed by atoms with E-state index in [-0.39, 0.29) is 25.4 Å². The van der Waals surface area contributed by atoms with Gasteiger partial charge in [-0.2, -0.15) is 13.2 Å². The van der Waals surface area contributed by atoms with Crippen molar-refractivity contribution >= 4 is 5.91 Å². The van der Waals surface area contributed by atoms with Crippen LogP contribution in [0.1, 0.15) is 19.3 Å². The van der Waals surface area contributed by atoms with Crippen molar-refractivity contribution in [1.29, 1.82) is 0 Å². The van der Waals surface area contributed by atoms with Crippen molar-refractivity contribution in [2.45, 2.75) is 25.4 Å². The molecule has 2 rings (SSSR count). The summed E-state index contributed by atoms with van der Waals surface area (Å²) in [5.74, 6) is 0.312. The number of hydrogen-bond donors (Lipinski definition) is 1. The fourth-order valence-electron chi connectivity index (χ4n) is 2.42. The summed E-state index contributed by atoms with van der Waals surface area (Å²) in [6, 6.07) is 0. The predicted molar refractivity (Wildman–Crippen MR) is 60.9 cm³/mol. The number of hydrogen-bond acceptors (Lipinski definition) is 2. The quantitative estimate of drug-likeness (QED) is 0.768. The van der Waals surface area contributed by atoms with Gasteiger partial charge >= 0.3 is 6.18 Å². The molecule has 102 valence electrons. The molecular formula is C12H17F3N2O. The lowest BCUT2D eigenvalue weighted by molar-refractivity contribution is -0.133. The van der Waals surface area contributed by atoms with E-state index in [2.05, 4.69) is 5.32 Å². The van der Waals surface area contributed by atoms with E-state index in [0.717, 1.165) is 25.6 Å². The number of halogens is 3. The summed E-state index contributed by atoms with van der Waals surface area (Å²) in [6.45, 7) is 2.04. The van der Waals surface area contributed by atoms with Crippen LogP contribution in [0, 0.1) is 5.92 Å². The Bertz CT molecular complexity index is 346. The largest absolute Gasteiger partial charge is 0.412 e. The van der Waals surface area contributed by atoms with Crippen LogP contribution in [0.15, 0.2) is 11.6 Å². The zero-order valence-electron chi connectivity index (χ0n) is 10.1. The molecule has 0 saturated carbocycles. The minimum absolute atomic E-state index is 0.0267. The van der Waals surface area contributed by atoms with Gasteiger partial charge in [-0.25, -0.2) is 0 Å². The molecule has 0 radical (unpaired) electrons. The molecule has 0 aliphatic carbocycles. The van der Waals surface area contributed by atoms with Gasteiger partial charge in [0.15, 0.2) is 0 Å². The third-order valence-electron chi connectivity index (χ3n) is 3.55. The van der Waals surface area contributed by atoms with Crippen LogP contribution >= 0.6 is 0 Å². The van der Waals surface area contributed by atoms with E-state index in [0.29, 0.717) is 12.3 Å². The summed E-state index contributed by atoms with van der Waals surface area (Å²) in [5, 5.41) is 3.18. The van der Waals surface area contributed by atoms with Crippen LogP contribution in [-0.2, 0) is 4.79 Å². The van der Waals surface area contributed by atoms with Crippen molar-refractivity contribution in [3.63, 3.8) is 0 Å². The highest BCUT2D eigenvalue weighted by Crippen LogP contribution is 2.30. The Labute approximate surface area is 104 Å². The average molecular weight is 262 g/mol. The summed E-state index contributed by atoms with van der Waals surface area (Å²) in [6.07, 6.45) is -1.78. The lowest BCUT2D eigenvalue weighted by Gasteiger charge is -2.28. The predicted octanol–water partition coefficient (Wildman–Crippen LogP) is 1.71. The van der Waals surface area contributed by atoms with Gasteiger partial charge in [-0.15, -0.1) is 0 Å². The molecule has 1 saturated heterocycles. The summed E-state index contributed by atoms with van der Waals surface area (Å²) >= 11 is 0. The first kappa shape index (κ1) is 13.4. The molecule has 1 unspecified atom stereocenters. The molecule has 0 aromatic rings. The van der Waals surface area contributed by atoms with Crippen molar-refractivity contribution in [3.8, 4) is 0 Å². The molecule has 18 heavy (non-hydrogen) atoms. The minimum atomic E-state index is -4.25. The summed E-state index contributed by atoms with van der Waals surface area (Å²) in [4.78, 5) is 13.4. The summed E-state index contributed by atoms with van der Waals surface area (Å²) in [7, 11) is 0. The van der Waals surface area contributed by atoms with Gasteiger partial charge in [-0.1, -0.05) is 6.08 Å². The molecule has 3 nitrogen and oxygen atoms in total. The van der Waals surface area contributed by atoms with Crippen molar-refractivity contribution in [2.75, 3.05) is 26.2 Å². The Hall–Kier alpha value is -1.04. The molecule has 1 fully saturated rings. The van der Waals surface area contributed by atoms with Crippen molar-refractivity contribution in [2.24, 2.45) is 5.92 Å². The topological polar surface area (TPSA) is 32.3 Å². The molecule has 1 atom stereocenters. The third-order valence-corrected chi connectivity index (χ3v) is 3.55. The van der Waals surface area contributed by atoms with E-state index in [1.807, 2.05) is 0 Å². The lowest BCUT2D eigenvalue weighted by Crippen LogP contribution is -2.37. The zero-order valence-corrected chi connectivity index (χ0v) is 10.1. The standard InChI is InChI=1S/C12H17F3N2O/c13-12(14,15)10-2-5-17(6-3-10)11(18)7-9-1-4-16-8-9/h2,9,16H,1,3-8H2. The molecule has 0 aromatic heterocycles. The second-order valence-corrected chi connectivity index (χ2v) is 4.88. The van der Waals surface area contributed by atoms with Crippen LogP contribution < -0.4 is 5.32 Å². The summed E-state index contributed by atoms with van der Waals surface area (Å²) in [5.41, 5.74) is -0.505. The number of amides is 1. The monoisotopic (exact) mass is 262 g/mol. The number of nitrogens with zero attached hydrogens (tertiary/aromatic N) is 1. The van der Waals surface area contributed by atoms with E-state index in [1.165, 1.54) is 4.90 Å². The highest BCUT2D eigenvalue weighted by molar-refractivity contribution is 5.77. The smallest absolute Gasteiger partial charge is 0.339 e. The van der Waals surface area contributed by atoms with Crippen LogP contribution in [0.3, 0.4) is 0 Å². The number of rotatable bonds is 2. The molecule has 2 heterocycles. The van der Waals surface area contributed by atoms with E-state index < -0.39 is 11.7 Å². The number of carbonyl (C=O) groups excluding carboxylic acids is 1. The second-order valence-electron chi connectivity index (χ2n) is 4.88. The Kier molecular flexibility index (Phi) is 3.94. The fraction of sp³-hybridized carbons (Fsp3) is 0.750. The van der Waals surface area contributed by atoms with Crippen molar-refractivity contribution < 1.29 is 18.0 Å². The molecule has 0 bridgehead atoms. The van der Waals surface area contributed by atoms with Crippen molar-refractivity contribution in [1.82, 2.24) is 10.2 Å². The Morgan fingerprint density at radius 2 is 2.28 bits per heavy atom. The molecule has 6 heteroatoms. The highest BCUT2D eigenvalue weighted by atomic mass is 19.4. The number of carbonyl (C=O) groups is 1. The van der Waals surface area contributed by atoms with Crippen molar-refractivity contribution in [3.05, 3.63) is 11.6 Å². The Morgan fingerprint density at radius 1 is 1.50 bits per heavy atom. The van der Waals surface area contributed by atoms with E-state index >= 15 is 0 Å². The normalized spacial score (nSPS) is 25.2. The van der Waals surface area contributed by atoms with Gasteiger partial charge in [0, 0.05) is 25.1 Å². The number of nitrogens with one attached hydrogen (secondary N) is 1. The number of alkyl halides is 3. The van der Waals surface area contributed by atoms with Crippen LogP contribution in [0.4, 0.5) is 13.2 Å². The highest BCUT2D eigenvalue weighted by Gasteiger charge is 2.35. The van der Waals surface area contributed by atoms with Gasteiger partial charge in [0.25, 0.3) is 0 Å². The van der Waals surface area contributed by atoms with Gasteiger partial charge in [0.05, 0.1) is 0 Å². The van der Waals surface area contributed by atoms with E-state index in [4.69, 9.17) is 0 Å². The molecule has 2 aliphatic heterocycles. The molecule has 1 N–H and O–H groups in total. The van der Waals surface area contributed by atoms with Crippen LogP contribution in [-0.4, -0.2) is 43.2 Å². The van der Waals surface area contributed by atoms with Gasteiger partial charge in [0.2, 0.25) is 5.91 Å². The first-order chi connectivity index (χ1) is 8.47. The van der Waals surface area contributed by atoms with Gasteiger partial charge < -0.3 is 10.2 Å². The maximum atomic E-state index is 12.4. The lowest BCUT2D eigenvalue weighted by atomic mass is 10.0. The third kappa shape index (κ3) is 3.25. The van der Waals surface area contributed by atoms with Gasteiger partial charge in [0.1, 0.15) is 0 Å².